The molecule has 3 aromatic heterocycles. The van der Waals surface area contributed by atoms with E-state index in [4.69, 9.17) is 16.5 Å². The molecule has 298 valence electrons. The van der Waals surface area contributed by atoms with Gasteiger partial charge in [-0.15, -0.1) is 0 Å². The Morgan fingerprint density at radius 1 is 0.328 bits per heavy atom. The predicted molar refractivity (Wildman–Crippen MR) is 264 cm³/mol. The van der Waals surface area contributed by atoms with Crippen molar-refractivity contribution in [2.75, 3.05) is 0 Å². The summed E-state index contributed by atoms with van der Waals surface area (Å²) in [6.07, 6.45) is 0. The summed E-state index contributed by atoms with van der Waals surface area (Å²) in [7, 11) is 0. The normalized spacial score (nSPS) is 11.4. The quantitative estimate of drug-likeness (QED) is 0.150. The van der Waals surface area contributed by atoms with Crippen LogP contribution in [-0.4, -0.2) is 19.1 Å². The molecule has 64 heavy (non-hydrogen) atoms. The van der Waals surface area contributed by atoms with Gasteiger partial charge in [0.2, 0.25) is 5.69 Å². The molecule has 0 saturated heterocycles. The van der Waals surface area contributed by atoms with Crippen molar-refractivity contribution in [3.8, 4) is 67.5 Å². The lowest BCUT2D eigenvalue weighted by Crippen LogP contribution is -1.96. The van der Waals surface area contributed by atoms with Crippen molar-refractivity contribution in [3.63, 3.8) is 0 Å². The molecule has 0 aliphatic heterocycles. The molecule has 0 spiro atoms. The molecule has 0 bridgehead atoms. The fourth-order valence-electron chi connectivity index (χ4n) is 9.30. The van der Waals surface area contributed by atoms with E-state index in [0.717, 1.165) is 83.5 Å². The zero-order valence-electron chi connectivity index (χ0n) is 34.6. The van der Waals surface area contributed by atoms with Crippen LogP contribution in [0.3, 0.4) is 0 Å². The van der Waals surface area contributed by atoms with E-state index in [1.54, 1.807) is 0 Å². The summed E-state index contributed by atoms with van der Waals surface area (Å²) in [5, 5.41) is 4.77. The Balaban J connectivity index is 0.865. The maximum Gasteiger partial charge on any atom is 0.211 e. The molecular weight excluding hydrogens is 779 g/mol. The number of nitrogens with zero attached hydrogens (tertiary/aromatic N) is 5. The molecule has 0 fully saturated rings. The Morgan fingerprint density at radius 3 is 1.34 bits per heavy atom. The maximum atomic E-state index is 8.38. The molecule has 5 heteroatoms. The van der Waals surface area contributed by atoms with Gasteiger partial charge in [0.25, 0.3) is 0 Å². The molecule has 0 radical (unpaired) electrons. The number of benzene rings is 9. The number of aromatic nitrogens is 4. The van der Waals surface area contributed by atoms with E-state index in [2.05, 4.69) is 184 Å². The largest absolute Gasteiger partial charge is 0.319 e. The molecule has 0 N–H and O–H groups in total. The molecule has 0 unspecified atom stereocenters. The second kappa shape index (κ2) is 15.3. The van der Waals surface area contributed by atoms with Crippen molar-refractivity contribution >= 4 is 49.3 Å². The highest BCUT2D eigenvalue weighted by atomic mass is 15.0. The first-order chi connectivity index (χ1) is 31.7. The van der Waals surface area contributed by atoms with Crippen LogP contribution in [0.1, 0.15) is 0 Å². The Kier molecular flexibility index (Phi) is 8.81. The Bertz CT molecular complexity index is 3650. The molecule has 0 aliphatic carbocycles. The summed E-state index contributed by atoms with van der Waals surface area (Å²) in [5.74, 6) is 0.700. The van der Waals surface area contributed by atoms with Crippen LogP contribution in [0, 0.1) is 6.57 Å². The van der Waals surface area contributed by atoms with Crippen molar-refractivity contribution in [1.82, 2.24) is 19.1 Å². The second-order valence-electron chi connectivity index (χ2n) is 16.1. The highest BCUT2D eigenvalue weighted by molar-refractivity contribution is 6.12. The monoisotopic (exact) mass is 815 g/mol. The summed E-state index contributed by atoms with van der Waals surface area (Å²) in [4.78, 5) is 14.1. The van der Waals surface area contributed by atoms with Crippen LogP contribution in [0.15, 0.2) is 224 Å². The minimum Gasteiger partial charge on any atom is -0.319 e. The van der Waals surface area contributed by atoms with Crippen LogP contribution >= 0.6 is 0 Å². The summed E-state index contributed by atoms with van der Waals surface area (Å²) >= 11 is 0. The maximum absolute atomic E-state index is 8.38. The van der Waals surface area contributed by atoms with Crippen LogP contribution in [0.2, 0.25) is 0 Å². The highest BCUT2D eigenvalue weighted by Crippen LogP contribution is 2.40. The van der Waals surface area contributed by atoms with Crippen molar-refractivity contribution < 1.29 is 0 Å². The lowest BCUT2D eigenvalue weighted by Gasteiger charge is -2.13. The predicted octanol–water partition coefficient (Wildman–Crippen LogP) is 15.6. The molecule has 0 amide bonds. The molecule has 12 aromatic rings. The van der Waals surface area contributed by atoms with E-state index in [1.165, 1.54) is 21.8 Å². The van der Waals surface area contributed by atoms with Gasteiger partial charge in [-0.1, -0.05) is 170 Å². The first-order valence-corrected chi connectivity index (χ1v) is 21.4. The van der Waals surface area contributed by atoms with Gasteiger partial charge in [-0.05, 0) is 76.9 Å². The molecule has 0 saturated carbocycles. The van der Waals surface area contributed by atoms with Crippen molar-refractivity contribution in [2.45, 2.75) is 0 Å². The molecule has 3 heterocycles. The minimum absolute atomic E-state index is 0.599. The minimum atomic E-state index is 0.599. The molecule has 12 rings (SSSR count). The van der Waals surface area contributed by atoms with Crippen LogP contribution in [0.4, 0.5) is 5.69 Å². The zero-order chi connectivity index (χ0) is 42.6. The number of para-hydroxylation sites is 3. The summed E-state index contributed by atoms with van der Waals surface area (Å²) < 4.78 is 4.61. The van der Waals surface area contributed by atoms with E-state index >= 15 is 0 Å². The smallest absolute Gasteiger partial charge is 0.211 e. The van der Waals surface area contributed by atoms with E-state index in [-0.39, 0.29) is 0 Å². The van der Waals surface area contributed by atoms with Gasteiger partial charge in [0, 0.05) is 43.9 Å². The van der Waals surface area contributed by atoms with Crippen molar-refractivity contribution in [2.24, 2.45) is 0 Å². The Morgan fingerprint density at radius 2 is 0.766 bits per heavy atom. The average molecular weight is 816 g/mol. The standard InChI is InChI=1S/C59H37N5/c1-60-53-36-45(41-26-24-39(25-27-41)40-28-30-43(31-29-40)52-38-51(42-14-4-2-5-15-42)61-59(62-52)44-16-6-3-7-17-44)32-34-58(53)64-56-23-13-10-20-49(56)50-37-46(33-35-57(50)64)63-54-21-11-8-18-47(54)48-19-9-12-22-55(48)63/h2-38H. The van der Waals surface area contributed by atoms with Crippen molar-refractivity contribution in [1.29, 1.82) is 0 Å². The second-order valence-corrected chi connectivity index (χ2v) is 16.1. The third-order valence-corrected chi connectivity index (χ3v) is 12.4. The molecular formula is C59H37N5. The van der Waals surface area contributed by atoms with Gasteiger partial charge in [-0.3, -0.25) is 0 Å². The van der Waals surface area contributed by atoms with Gasteiger partial charge in [-0.25, -0.2) is 14.8 Å². The van der Waals surface area contributed by atoms with Gasteiger partial charge in [0.05, 0.1) is 45.7 Å². The number of fused-ring (bicyclic) bond motifs is 6. The summed E-state index contributed by atoms with van der Waals surface area (Å²) in [6, 6.07) is 78.3. The lowest BCUT2D eigenvalue weighted by molar-refractivity contribution is 1.17. The van der Waals surface area contributed by atoms with Crippen LogP contribution < -0.4 is 0 Å². The van der Waals surface area contributed by atoms with E-state index in [9.17, 15) is 0 Å². The summed E-state index contributed by atoms with van der Waals surface area (Å²) in [5.41, 5.74) is 16.1. The first kappa shape index (κ1) is 37.0. The van der Waals surface area contributed by atoms with Crippen LogP contribution in [0.5, 0.6) is 0 Å². The SMILES string of the molecule is [C-]#[N+]c1cc(-c2ccc(-c3ccc(-c4cc(-c5ccccc5)nc(-c5ccccc5)n4)cc3)cc2)ccc1-n1c2ccccc2c2cc(-n3c4ccccc4c4ccccc43)ccc21. The number of hydrogen-bond donors (Lipinski definition) is 0. The fourth-order valence-corrected chi connectivity index (χ4v) is 9.30. The van der Waals surface area contributed by atoms with E-state index in [0.29, 0.717) is 11.5 Å². The Hall–Kier alpha value is -8.85. The number of rotatable bonds is 7. The third-order valence-electron chi connectivity index (χ3n) is 12.4. The third kappa shape index (κ3) is 6.24. The first-order valence-electron chi connectivity index (χ1n) is 21.4. The molecule has 5 nitrogen and oxygen atoms in total. The van der Waals surface area contributed by atoms with Crippen LogP contribution in [-0.2, 0) is 0 Å². The summed E-state index contributed by atoms with van der Waals surface area (Å²) in [6.45, 7) is 8.38. The van der Waals surface area contributed by atoms with Gasteiger partial charge >= 0.3 is 0 Å². The van der Waals surface area contributed by atoms with Crippen molar-refractivity contribution in [3.05, 3.63) is 236 Å². The lowest BCUT2D eigenvalue weighted by atomic mass is 9.98. The fraction of sp³-hybridized carbons (Fsp3) is 0. The number of hydrogen-bond acceptors (Lipinski definition) is 2. The van der Waals surface area contributed by atoms with Gasteiger partial charge in [0.15, 0.2) is 5.82 Å². The molecule has 9 aromatic carbocycles. The van der Waals surface area contributed by atoms with E-state index in [1.807, 2.05) is 54.6 Å². The average Bonchev–Trinajstić information content (AvgIpc) is 3.89. The topological polar surface area (TPSA) is 40.0 Å². The molecule has 0 aliphatic rings. The van der Waals surface area contributed by atoms with Gasteiger partial charge in [0.1, 0.15) is 0 Å². The van der Waals surface area contributed by atoms with Crippen LogP contribution in [0.25, 0.3) is 116 Å². The van der Waals surface area contributed by atoms with Gasteiger partial charge in [-0.2, -0.15) is 0 Å². The zero-order valence-corrected chi connectivity index (χ0v) is 34.6. The molecule has 0 atom stereocenters. The highest BCUT2D eigenvalue weighted by Gasteiger charge is 2.19. The van der Waals surface area contributed by atoms with E-state index < -0.39 is 0 Å². The van der Waals surface area contributed by atoms with Gasteiger partial charge < -0.3 is 9.13 Å². The Labute approximate surface area is 370 Å².